The van der Waals surface area contributed by atoms with Crippen molar-refractivity contribution in [3.8, 4) is 0 Å². The summed E-state index contributed by atoms with van der Waals surface area (Å²) in [5.41, 5.74) is 0.811. The summed E-state index contributed by atoms with van der Waals surface area (Å²) in [7, 11) is 0. The van der Waals surface area contributed by atoms with E-state index in [1.807, 2.05) is 6.07 Å². The van der Waals surface area contributed by atoms with Crippen LogP contribution in [-0.2, 0) is 16.1 Å². The predicted octanol–water partition coefficient (Wildman–Crippen LogP) is 2.57. The number of carboxylic acids is 1. The molecule has 168 valence electrons. The number of carboxylic acid groups (broad SMARTS) is 1. The molecule has 3 aromatic rings. The van der Waals surface area contributed by atoms with Crippen molar-refractivity contribution < 1.29 is 23.9 Å². The molecular weight excluding hydrogens is 415 g/mol. The van der Waals surface area contributed by atoms with Crippen molar-refractivity contribution in [2.75, 3.05) is 6.54 Å². The normalized spacial score (nSPS) is 12.4. The van der Waals surface area contributed by atoms with Crippen LogP contribution in [0.25, 0.3) is 10.9 Å². The van der Waals surface area contributed by atoms with E-state index in [9.17, 15) is 18.8 Å². The van der Waals surface area contributed by atoms with Crippen LogP contribution in [0.5, 0.6) is 0 Å². The van der Waals surface area contributed by atoms with Crippen LogP contribution in [0.4, 0.5) is 4.39 Å². The average Bonchev–Trinajstić information content (AvgIpc) is 3.08. The Hall–Kier alpha value is -3.75. The van der Waals surface area contributed by atoms with Gasteiger partial charge in [0.15, 0.2) is 5.69 Å². The van der Waals surface area contributed by atoms with Crippen LogP contribution in [0.1, 0.15) is 36.8 Å². The standard InChI is InChI=1S/C23H25FN4O4/c1-23(2,3)20(22(32)25-12-18(29)30)26-21(31)19-16-9-4-5-10-17(16)28(27-19)13-14-7-6-8-15(24)11-14/h4-11,20H,12-13H2,1-3H3,(H,25,32)(H,26,31)(H,29,30)/t20-/m1/s1. The minimum atomic E-state index is -1.18. The second-order valence-corrected chi connectivity index (χ2v) is 8.54. The molecule has 0 radical (unpaired) electrons. The molecule has 1 atom stereocenters. The van der Waals surface area contributed by atoms with Crippen molar-refractivity contribution in [1.29, 1.82) is 0 Å². The molecule has 9 heteroatoms. The van der Waals surface area contributed by atoms with Crippen molar-refractivity contribution in [1.82, 2.24) is 20.4 Å². The van der Waals surface area contributed by atoms with E-state index in [4.69, 9.17) is 5.11 Å². The fourth-order valence-electron chi connectivity index (χ4n) is 3.36. The van der Waals surface area contributed by atoms with Gasteiger partial charge in [-0.3, -0.25) is 19.1 Å². The first-order valence-corrected chi connectivity index (χ1v) is 10.1. The average molecular weight is 440 g/mol. The lowest BCUT2D eigenvalue weighted by Gasteiger charge is -2.30. The van der Waals surface area contributed by atoms with E-state index in [0.717, 1.165) is 0 Å². The maximum absolute atomic E-state index is 13.6. The van der Waals surface area contributed by atoms with E-state index in [1.165, 1.54) is 12.1 Å². The number of para-hydroxylation sites is 1. The number of aromatic nitrogens is 2. The van der Waals surface area contributed by atoms with E-state index in [-0.39, 0.29) is 18.1 Å². The molecule has 0 saturated heterocycles. The molecule has 8 nitrogen and oxygen atoms in total. The van der Waals surface area contributed by atoms with Gasteiger partial charge >= 0.3 is 5.97 Å². The molecule has 1 aromatic heterocycles. The van der Waals surface area contributed by atoms with Gasteiger partial charge in [0.2, 0.25) is 5.91 Å². The van der Waals surface area contributed by atoms with Crippen molar-refractivity contribution in [3.63, 3.8) is 0 Å². The third-order valence-electron chi connectivity index (χ3n) is 4.91. The summed E-state index contributed by atoms with van der Waals surface area (Å²) >= 11 is 0. The van der Waals surface area contributed by atoms with Crippen LogP contribution in [0.2, 0.25) is 0 Å². The molecule has 0 saturated carbocycles. The Labute approximate surface area is 184 Å². The molecule has 32 heavy (non-hydrogen) atoms. The smallest absolute Gasteiger partial charge is 0.322 e. The number of carbonyl (C=O) groups excluding carboxylic acids is 2. The van der Waals surface area contributed by atoms with Crippen LogP contribution in [0.3, 0.4) is 0 Å². The number of fused-ring (bicyclic) bond motifs is 1. The largest absolute Gasteiger partial charge is 0.480 e. The Balaban J connectivity index is 1.91. The Morgan fingerprint density at radius 1 is 1.12 bits per heavy atom. The third-order valence-corrected chi connectivity index (χ3v) is 4.91. The summed E-state index contributed by atoms with van der Waals surface area (Å²) in [4.78, 5) is 36.5. The van der Waals surface area contributed by atoms with Gasteiger partial charge in [-0.2, -0.15) is 5.10 Å². The van der Waals surface area contributed by atoms with Crippen molar-refractivity contribution in [2.45, 2.75) is 33.4 Å². The van der Waals surface area contributed by atoms with E-state index in [0.29, 0.717) is 16.5 Å². The van der Waals surface area contributed by atoms with Crippen molar-refractivity contribution in [3.05, 3.63) is 65.6 Å². The molecule has 0 bridgehead atoms. The number of nitrogens with zero attached hydrogens (tertiary/aromatic N) is 2. The van der Waals surface area contributed by atoms with Crippen molar-refractivity contribution >= 4 is 28.7 Å². The number of aliphatic carboxylic acids is 1. The summed E-state index contributed by atoms with van der Waals surface area (Å²) in [6, 6.07) is 12.3. The fraction of sp³-hybridized carbons (Fsp3) is 0.304. The Bertz CT molecular complexity index is 1170. The van der Waals surface area contributed by atoms with Gasteiger partial charge < -0.3 is 15.7 Å². The Morgan fingerprint density at radius 2 is 1.84 bits per heavy atom. The molecule has 0 aliphatic carbocycles. The molecule has 3 rings (SSSR count). The van der Waals surface area contributed by atoms with Gasteiger partial charge in [-0.05, 0) is 29.2 Å². The minimum absolute atomic E-state index is 0.122. The molecule has 0 aliphatic heterocycles. The SMILES string of the molecule is CC(C)(C)[C@H](NC(=O)c1nn(Cc2cccc(F)c2)c2ccccc12)C(=O)NCC(=O)O. The summed E-state index contributed by atoms with van der Waals surface area (Å²) < 4.78 is 15.2. The summed E-state index contributed by atoms with van der Waals surface area (Å²) in [5, 5.41) is 18.9. The second-order valence-electron chi connectivity index (χ2n) is 8.54. The summed E-state index contributed by atoms with van der Waals surface area (Å²) in [6.45, 7) is 5.00. The van der Waals surface area contributed by atoms with E-state index < -0.39 is 35.8 Å². The monoisotopic (exact) mass is 440 g/mol. The first kappa shape index (κ1) is 22.9. The highest BCUT2D eigenvalue weighted by atomic mass is 19.1. The molecule has 2 aromatic carbocycles. The highest BCUT2D eigenvalue weighted by Crippen LogP contribution is 2.23. The first-order valence-electron chi connectivity index (χ1n) is 10.1. The lowest BCUT2D eigenvalue weighted by Crippen LogP contribution is -2.54. The first-order chi connectivity index (χ1) is 15.1. The van der Waals surface area contributed by atoms with E-state index in [2.05, 4.69) is 15.7 Å². The van der Waals surface area contributed by atoms with Crippen LogP contribution in [-0.4, -0.2) is 45.3 Å². The lowest BCUT2D eigenvalue weighted by atomic mass is 9.86. The number of rotatable bonds is 7. The second kappa shape index (κ2) is 9.17. The molecular formula is C23H25FN4O4. The molecule has 0 aliphatic rings. The summed E-state index contributed by atoms with van der Waals surface area (Å²) in [6.07, 6.45) is 0. The van der Waals surface area contributed by atoms with Gasteiger partial charge in [-0.25, -0.2) is 4.39 Å². The van der Waals surface area contributed by atoms with Gasteiger partial charge in [-0.15, -0.1) is 0 Å². The lowest BCUT2D eigenvalue weighted by molar-refractivity contribution is -0.138. The Kier molecular flexibility index (Phi) is 6.57. The van der Waals surface area contributed by atoms with E-state index >= 15 is 0 Å². The maximum Gasteiger partial charge on any atom is 0.322 e. The zero-order valence-electron chi connectivity index (χ0n) is 18.1. The molecule has 0 spiro atoms. The number of hydrogen-bond acceptors (Lipinski definition) is 4. The van der Waals surface area contributed by atoms with Crippen LogP contribution >= 0.6 is 0 Å². The predicted molar refractivity (Wildman–Crippen MR) is 117 cm³/mol. The van der Waals surface area contributed by atoms with Gasteiger partial charge in [-0.1, -0.05) is 51.1 Å². The maximum atomic E-state index is 13.6. The molecule has 0 fully saturated rings. The molecule has 3 N–H and O–H groups in total. The van der Waals surface area contributed by atoms with Crippen molar-refractivity contribution in [2.24, 2.45) is 5.41 Å². The molecule has 2 amide bonds. The number of carbonyl (C=O) groups is 3. The zero-order chi connectivity index (χ0) is 23.5. The van der Waals surface area contributed by atoms with Gasteiger partial charge in [0, 0.05) is 5.39 Å². The molecule has 1 heterocycles. The number of hydrogen-bond donors (Lipinski definition) is 3. The van der Waals surface area contributed by atoms with E-state index in [1.54, 1.807) is 55.8 Å². The number of nitrogens with one attached hydrogen (secondary N) is 2. The number of benzene rings is 2. The number of amides is 2. The summed E-state index contributed by atoms with van der Waals surface area (Å²) in [5.74, 6) is -2.71. The minimum Gasteiger partial charge on any atom is -0.480 e. The van der Waals surface area contributed by atoms with Crippen LogP contribution in [0.15, 0.2) is 48.5 Å². The van der Waals surface area contributed by atoms with Crippen LogP contribution in [0, 0.1) is 11.2 Å². The highest BCUT2D eigenvalue weighted by Gasteiger charge is 2.34. The topological polar surface area (TPSA) is 113 Å². The highest BCUT2D eigenvalue weighted by molar-refractivity contribution is 6.06. The fourth-order valence-corrected chi connectivity index (χ4v) is 3.36. The Morgan fingerprint density at radius 3 is 2.50 bits per heavy atom. The van der Waals surface area contributed by atoms with Crippen LogP contribution < -0.4 is 10.6 Å². The molecule has 0 unspecified atom stereocenters. The quantitative estimate of drug-likeness (QED) is 0.523. The van der Waals surface area contributed by atoms with Gasteiger partial charge in [0.25, 0.3) is 5.91 Å². The third kappa shape index (κ3) is 5.29. The van der Waals surface area contributed by atoms with Gasteiger partial charge in [0.1, 0.15) is 18.4 Å². The van der Waals surface area contributed by atoms with Gasteiger partial charge in [0.05, 0.1) is 12.1 Å². The number of halogens is 1. The zero-order valence-corrected chi connectivity index (χ0v) is 18.1.